The van der Waals surface area contributed by atoms with Crippen molar-refractivity contribution in [3.8, 4) is 5.75 Å². The fraction of sp³-hybridized carbons (Fsp3) is 0.500. The molecule has 0 aliphatic rings. The van der Waals surface area contributed by atoms with Crippen molar-refractivity contribution in [2.45, 2.75) is 25.8 Å². The number of ether oxygens (including phenoxy) is 2. The van der Waals surface area contributed by atoms with Crippen LogP contribution in [0.4, 0.5) is 8.78 Å². The molecule has 0 heterocycles. The van der Waals surface area contributed by atoms with E-state index in [9.17, 15) is 13.6 Å². The molecule has 112 valence electrons. The lowest BCUT2D eigenvalue weighted by atomic mass is 9.99. The second-order valence-corrected chi connectivity index (χ2v) is 4.48. The lowest BCUT2D eigenvalue weighted by Gasteiger charge is -2.26. The summed E-state index contributed by atoms with van der Waals surface area (Å²) in [7, 11) is 1.63. The highest BCUT2D eigenvalue weighted by Crippen LogP contribution is 2.19. The van der Waals surface area contributed by atoms with Crippen molar-refractivity contribution in [3.63, 3.8) is 0 Å². The number of likely N-dealkylation sites (N-methyl/N-ethyl adjacent to an activating group) is 1. The van der Waals surface area contributed by atoms with Crippen LogP contribution in [0.15, 0.2) is 18.2 Å². The second kappa shape index (κ2) is 7.19. The van der Waals surface area contributed by atoms with Crippen LogP contribution in [0.25, 0.3) is 0 Å². The van der Waals surface area contributed by atoms with Gasteiger partial charge in [0.15, 0.2) is 11.6 Å². The van der Waals surface area contributed by atoms with Crippen LogP contribution in [0.2, 0.25) is 0 Å². The van der Waals surface area contributed by atoms with E-state index >= 15 is 0 Å². The Morgan fingerprint density at radius 2 is 2.10 bits per heavy atom. The summed E-state index contributed by atoms with van der Waals surface area (Å²) >= 11 is 0. The number of benzene rings is 1. The molecule has 0 aromatic heterocycles. The number of hydrogen-bond acceptors (Lipinski definition) is 4. The summed E-state index contributed by atoms with van der Waals surface area (Å²) in [5, 5.41) is 2.86. The van der Waals surface area contributed by atoms with Crippen LogP contribution in [0, 0.1) is 11.6 Å². The molecule has 4 nitrogen and oxygen atoms in total. The maximum atomic E-state index is 13.4. The monoisotopic (exact) mass is 287 g/mol. The summed E-state index contributed by atoms with van der Waals surface area (Å²) < 4.78 is 36.3. The summed E-state index contributed by atoms with van der Waals surface area (Å²) in [5.41, 5.74) is -0.910. The Kier molecular flexibility index (Phi) is 5.88. The highest BCUT2D eigenvalue weighted by atomic mass is 19.1. The molecule has 1 atom stereocenters. The van der Waals surface area contributed by atoms with E-state index in [0.717, 1.165) is 12.1 Å². The number of carbonyl (C=O) groups is 1. The van der Waals surface area contributed by atoms with Gasteiger partial charge in [0, 0.05) is 12.5 Å². The molecule has 0 saturated heterocycles. The minimum atomic E-state index is -0.910. The van der Waals surface area contributed by atoms with Gasteiger partial charge in [-0.1, -0.05) is 0 Å². The molecule has 20 heavy (non-hydrogen) atoms. The zero-order valence-electron chi connectivity index (χ0n) is 11.8. The highest BCUT2D eigenvalue weighted by molar-refractivity contribution is 5.80. The third-order valence-electron chi connectivity index (χ3n) is 3.03. The van der Waals surface area contributed by atoms with Crippen molar-refractivity contribution in [1.29, 1.82) is 0 Å². The van der Waals surface area contributed by atoms with Gasteiger partial charge in [-0.15, -0.1) is 0 Å². The zero-order valence-corrected chi connectivity index (χ0v) is 11.8. The van der Waals surface area contributed by atoms with E-state index in [1.807, 2.05) is 0 Å². The van der Waals surface area contributed by atoms with Crippen LogP contribution < -0.4 is 10.1 Å². The van der Waals surface area contributed by atoms with E-state index in [2.05, 4.69) is 5.32 Å². The van der Waals surface area contributed by atoms with Gasteiger partial charge in [0.25, 0.3) is 0 Å². The fourth-order valence-corrected chi connectivity index (χ4v) is 1.58. The van der Waals surface area contributed by atoms with Gasteiger partial charge < -0.3 is 14.8 Å². The topological polar surface area (TPSA) is 47.6 Å². The summed E-state index contributed by atoms with van der Waals surface area (Å²) in [6, 6.07) is 3.07. The van der Waals surface area contributed by atoms with Gasteiger partial charge in [0.05, 0.1) is 13.2 Å². The fourth-order valence-electron chi connectivity index (χ4n) is 1.58. The normalized spacial score (nSPS) is 13.7. The third-order valence-corrected chi connectivity index (χ3v) is 3.03. The van der Waals surface area contributed by atoms with Crippen molar-refractivity contribution < 1.29 is 23.0 Å². The van der Waals surface area contributed by atoms with Gasteiger partial charge in [0.1, 0.15) is 11.4 Å². The average Bonchev–Trinajstić information content (AvgIpc) is 2.41. The van der Waals surface area contributed by atoms with Crippen molar-refractivity contribution >= 4 is 5.97 Å². The van der Waals surface area contributed by atoms with E-state index < -0.39 is 23.1 Å². The molecule has 0 spiro atoms. The predicted molar refractivity (Wildman–Crippen MR) is 70.6 cm³/mol. The molecule has 1 unspecified atom stereocenters. The standard InChI is InChI=1S/C14H19F2NO3/c1-4-19-13(18)14(2,17-3)7-8-20-12-6-5-10(15)9-11(12)16/h5-6,9,17H,4,7-8H2,1-3H3. The number of halogens is 2. The Labute approximate surface area is 117 Å². The Bertz CT molecular complexity index is 468. The molecule has 0 aliphatic heterocycles. The number of carbonyl (C=O) groups excluding carboxylic acids is 1. The van der Waals surface area contributed by atoms with Crippen LogP contribution in [0.3, 0.4) is 0 Å². The van der Waals surface area contributed by atoms with Gasteiger partial charge in [-0.25, -0.2) is 8.78 Å². The van der Waals surface area contributed by atoms with Gasteiger partial charge in [0.2, 0.25) is 0 Å². The maximum absolute atomic E-state index is 13.4. The molecular weight excluding hydrogens is 268 g/mol. The molecule has 0 saturated carbocycles. The van der Waals surface area contributed by atoms with Crippen LogP contribution in [0.5, 0.6) is 5.75 Å². The van der Waals surface area contributed by atoms with Crippen molar-refractivity contribution in [2.75, 3.05) is 20.3 Å². The quantitative estimate of drug-likeness (QED) is 0.782. The van der Waals surface area contributed by atoms with Crippen molar-refractivity contribution in [3.05, 3.63) is 29.8 Å². The van der Waals surface area contributed by atoms with Gasteiger partial charge in [-0.2, -0.15) is 0 Å². The molecule has 0 amide bonds. The molecule has 0 aliphatic carbocycles. The molecular formula is C14H19F2NO3. The molecule has 0 radical (unpaired) electrons. The lowest BCUT2D eigenvalue weighted by molar-refractivity contribution is -0.150. The first-order valence-electron chi connectivity index (χ1n) is 6.37. The smallest absolute Gasteiger partial charge is 0.326 e. The van der Waals surface area contributed by atoms with E-state index in [4.69, 9.17) is 9.47 Å². The van der Waals surface area contributed by atoms with Crippen LogP contribution in [-0.4, -0.2) is 31.8 Å². The first-order valence-corrected chi connectivity index (χ1v) is 6.37. The minimum Gasteiger partial charge on any atom is -0.490 e. The first kappa shape index (κ1) is 16.4. The third kappa shape index (κ3) is 4.16. The number of rotatable bonds is 7. The van der Waals surface area contributed by atoms with E-state index in [1.54, 1.807) is 20.9 Å². The summed E-state index contributed by atoms with van der Waals surface area (Å²) in [6.45, 7) is 3.77. The summed E-state index contributed by atoms with van der Waals surface area (Å²) in [5.74, 6) is -1.88. The molecule has 0 fully saturated rings. The Morgan fingerprint density at radius 1 is 1.40 bits per heavy atom. The molecule has 6 heteroatoms. The van der Waals surface area contributed by atoms with Crippen molar-refractivity contribution in [2.24, 2.45) is 0 Å². The molecule has 1 rings (SSSR count). The Balaban J connectivity index is 2.59. The number of hydrogen-bond donors (Lipinski definition) is 1. The van der Waals surface area contributed by atoms with Gasteiger partial charge >= 0.3 is 5.97 Å². The Morgan fingerprint density at radius 3 is 2.65 bits per heavy atom. The Hall–Kier alpha value is -1.69. The zero-order chi connectivity index (χ0) is 15.2. The van der Waals surface area contributed by atoms with Crippen LogP contribution in [0.1, 0.15) is 20.3 Å². The molecule has 1 aromatic carbocycles. The minimum absolute atomic E-state index is 0.0475. The highest BCUT2D eigenvalue weighted by Gasteiger charge is 2.32. The predicted octanol–water partition coefficient (Wildman–Crippen LogP) is 2.27. The summed E-state index contributed by atoms with van der Waals surface area (Å²) in [4.78, 5) is 11.8. The lowest BCUT2D eigenvalue weighted by Crippen LogP contribution is -2.49. The average molecular weight is 287 g/mol. The number of nitrogens with one attached hydrogen (secondary N) is 1. The van der Waals surface area contributed by atoms with Crippen molar-refractivity contribution in [1.82, 2.24) is 5.32 Å². The maximum Gasteiger partial charge on any atom is 0.326 e. The van der Waals surface area contributed by atoms with Gasteiger partial charge in [-0.05, 0) is 33.0 Å². The second-order valence-electron chi connectivity index (χ2n) is 4.48. The van der Waals surface area contributed by atoms with Gasteiger partial charge in [-0.3, -0.25) is 4.79 Å². The molecule has 1 aromatic rings. The first-order chi connectivity index (χ1) is 9.42. The largest absolute Gasteiger partial charge is 0.490 e. The van der Waals surface area contributed by atoms with Crippen LogP contribution >= 0.6 is 0 Å². The summed E-state index contributed by atoms with van der Waals surface area (Å²) in [6.07, 6.45) is 0.291. The SMILES string of the molecule is CCOC(=O)C(C)(CCOc1ccc(F)cc1F)NC. The molecule has 1 N–H and O–H groups in total. The van der Waals surface area contributed by atoms with Crippen LogP contribution in [-0.2, 0) is 9.53 Å². The van der Waals surface area contributed by atoms with E-state index in [1.165, 1.54) is 6.07 Å². The number of esters is 1. The molecule has 0 bridgehead atoms. The van der Waals surface area contributed by atoms with E-state index in [-0.39, 0.29) is 19.0 Å². The van der Waals surface area contributed by atoms with E-state index in [0.29, 0.717) is 6.42 Å².